The number of likely N-dealkylation sites (tertiary alicyclic amines) is 1. The lowest BCUT2D eigenvalue weighted by Gasteiger charge is -2.25. The number of nitrogens with two attached hydrogens (primary N) is 1. The van der Waals surface area contributed by atoms with E-state index in [1.54, 1.807) is 6.07 Å². The summed E-state index contributed by atoms with van der Waals surface area (Å²) in [6, 6.07) is 7.49. The number of piperidine rings is 1. The Hall–Kier alpha value is -1.12. The zero-order chi connectivity index (χ0) is 18.5. The van der Waals surface area contributed by atoms with Crippen LogP contribution in [-0.2, 0) is 21.2 Å². The van der Waals surface area contributed by atoms with Crippen LogP contribution in [0.25, 0.3) is 0 Å². The van der Waals surface area contributed by atoms with Crippen molar-refractivity contribution in [2.75, 3.05) is 19.6 Å². The molecule has 2 atom stereocenters. The maximum Gasteiger partial charge on any atom is 0.389 e. The van der Waals surface area contributed by atoms with Gasteiger partial charge in [0.2, 0.25) is 10.0 Å². The molecule has 0 amide bonds. The highest BCUT2D eigenvalue weighted by Gasteiger charge is 2.65. The molecule has 1 aliphatic heterocycles. The van der Waals surface area contributed by atoms with Crippen LogP contribution in [-0.4, -0.2) is 39.1 Å². The minimum atomic E-state index is -4.08. The van der Waals surface area contributed by atoms with Gasteiger partial charge in [0.1, 0.15) is 0 Å². The number of sulfonamides is 1. The molecule has 1 heterocycles. The Morgan fingerprint density at radius 2 is 1.92 bits per heavy atom. The molecule has 25 heavy (non-hydrogen) atoms. The molecule has 1 aromatic rings. The third-order valence-corrected chi connectivity index (χ3v) is 6.41. The predicted molar refractivity (Wildman–Crippen MR) is 89.3 cm³/mol. The van der Waals surface area contributed by atoms with Gasteiger partial charge < -0.3 is 4.90 Å². The Balaban J connectivity index is 1.59. The fourth-order valence-electron chi connectivity index (χ4n) is 4.30. The molecule has 2 fully saturated rings. The maximum atomic E-state index is 12.2. The standard InChI is InChI=1S/C17H23F3N2O2S/c1-16(13-5-2-4-12(8-13)11-25(21,23)24)14-9-22(10-15(14)16)7-3-6-17(18,19)20/h2,4-5,8,14-15H,3,6-7,9-11H2,1H3,(H2,21,23,24). The molecule has 0 spiro atoms. The van der Waals surface area contributed by atoms with Gasteiger partial charge in [-0.2, -0.15) is 13.2 Å². The number of primary sulfonamides is 1. The highest BCUT2D eigenvalue weighted by molar-refractivity contribution is 7.88. The van der Waals surface area contributed by atoms with Crippen LogP contribution >= 0.6 is 0 Å². The summed E-state index contributed by atoms with van der Waals surface area (Å²) >= 11 is 0. The van der Waals surface area contributed by atoms with Crippen LogP contribution in [0.1, 0.15) is 30.9 Å². The van der Waals surface area contributed by atoms with E-state index < -0.39 is 22.6 Å². The van der Waals surface area contributed by atoms with Crippen molar-refractivity contribution >= 4 is 10.0 Å². The smallest absolute Gasteiger partial charge is 0.303 e. The van der Waals surface area contributed by atoms with Gasteiger partial charge in [0.25, 0.3) is 0 Å². The van der Waals surface area contributed by atoms with Gasteiger partial charge >= 0.3 is 6.18 Å². The molecule has 3 rings (SSSR count). The van der Waals surface area contributed by atoms with Crippen molar-refractivity contribution < 1.29 is 21.6 Å². The van der Waals surface area contributed by atoms with E-state index in [0.29, 0.717) is 23.9 Å². The van der Waals surface area contributed by atoms with Crippen LogP contribution in [0.2, 0.25) is 0 Å². The van der Waals surface area contributed by atoms with Gasteiger partial charge in [-0.25, -0.2) is 13.6 Å². The molecule has 0 aromatic heterocycles. The summed E-state index contributed by atoms with van der Waals surface area (Å²) in [5.41, 5.74) is 1.75. The second-order valence-electron chi connectivity index (χ2n) is 7.48. The van der Waals surface area contributed by atoms with Crippen molar-refractivity contribution in [1.82, 2.24) is 4.90 Å². The summed E-state index contributed by atoms with van der Waals surface area (Å²) in [6.07, 6.45) is -4.67. The molecule has 2 N–H and O–H groups in total. The number of halogens is 3. The highest BCUT2D eigenvalue weighted by Crippen LogP contribution is 2.63. The Bertz CT molecular complexity index is 737. The summed E-state index contributed by atoms with van der Waals surface area (Å²) in [7, 11) is -3.57. The topological polar surface area (TPSA) is 63.4 Å². The zero-order valence-electron chi connectivity index (χ0n) is 14.1. The summed E-state index contributed by atoms with van der Waals surface area (Å²) in [5.74, 6) is 0.654. The van der Waals surface area contributed by atoms with E-state index in [1.807, 2.05) is 18.2 Å². The number of hydrogen-bond donors (Lipinski definition) is 1. The number of nitrogens with zero attached hydrogens (tertiary/aromatic N) is 1. The highest BCUT2D eigenvalue weighted by atomic mass is 32.2. The van der Waals surface area contributed by atoms with Gasteiger partial charge in [-0.15, -0.1) is 0 Å². The molecule has 1 aliphatic carbocycles. The van der Waals surface area contributed by atoms with E-state index in [2.05, 4.69) is 11.8 Å². The Kier molecular flexibility index (Phi) is 4.66. The Morgan fingerprint density at radius 1 is 1.28 bits per heavy atom. The Labute approximate surface area is 146 Å². The van der Waals surface area contributed by atoms with Gasteiger partial charge in [-0.05, 0) is 35.9 Å². The maximum absolute atomic E-state index is 12.2. The van der Waals surface area contributed by atoms with Gasteiger partial charge in [-0.1, -0.05) is 31.2 Å². The van der Waals surface area contributed by atoms with Gasteiger partial charge in [0.15, 0.2) is 0 Å². The molecule has 8 heteroatoms. The summed E-state index contributed by atoms with van der Waals surface area (Å²) < 4.78 is 59.3. The third kappa shape index (κ3) is 4.17. The minimum absolute atomic E-state index is 0.0190. The molecule has 140 valence electrons. The summed E-state index contributed by atoms with van der Waals surface area (Å²) in [4.78, 5) is 2.11. The molecule has 1 saturated heterocycles. The number of fused-ring (bicyclic) bond motifs is 1. The minimum Gasteiger partial charge on any atom is -0.303 e. The number of alkyl halides is 3. The molecule has 2 unspecified atom stereocenters. The average Bonchev–Trinajstić information content (AvgIpc) is 2.82. The quantitative estimate of drug-likeness (QED) is 0.830. The van der Waals surface area contributed by atoms with Crippen molar-refractivity contribution in [3.63, 3.8) is 0 Å². The summed E-state index contributed by atoms with van der Waals surface area (Å²) in [6.45, 7) is 4.25. The first-order chi connectivity index (χ1) is 11.5. The molecule has 0 radical (unpaired) electrons. The lowest BCUT2D eigenvalue weighted by molar-refractivity contribution is -0.136. The summed E-state index contributed by atoms with van der Waals surface area (Å²) in [5, 5.41) is 5.11. The van der Waals surface area contributed by atoms with Crippen LogP contribution in [0.3, 0.4) is 0 Å². The van der Waals surface area contributed by atoms with Gasteiger partial charge in [0.05, 0.1) is 5.75 Å². The lowest BCUT2D eigenvalue weighted by atomic mass is 9.91. The van der Waals surface area contributed by atoms with E-state index >= 15 is 0 Å². The van der Waals surface area contributed by atoms with E-state index in [9.17, 15) is 21.6 Å². The second-order valence-corrected chi connectivity index (χ2v) is 9.10. The third-order valence-electron chi connectivity index (χ3n) is 5.68. The van der Waals surface area contributed by atoms with E-state index in [1.165, 1.54) is 0 Å². The first kappa shape index (κ1) is 18.7. The fourth-order valence-corrected chi connectivity index (χ4v) is 4.95. The van der Waals surface area contributed by atoms with Crippen molar-refractivity contribution in [2.45, 2.75) is 37.1 Å². The number of benzene rings is 1. The van der Waals surface area contributed by atoms with Crippen LogP contribution < -0.4 is 5.14 Å². The second kappa shape index (κ2) is 6.25. The molecule has 4 nitrogen and oxygen atoms in total. The van der Waals surface area contributed by atoms with Crippen molar-refractivity contribution in [1.29, 1.82) is 0 Å². The van der Waals surface area contributed by atoms with E-state index in [4.69, 9.17) is 5.14 Å². The fraction of sp³-hybridized carbons (Fsp3) is 0.647. The first-order valence-electron chi connectivity index (χ1n) is 8.38. The van der Waals surface area contributed by atoms with Crippen LogP contribution in [0, 0.1) is 11.8 Å². The monoisotopic (exact) mass is 376 g/mol. The van der Waals surface area contributed by atoms with Crippen molar-refractivity contribution in [3.05, 3.63) is 35.4 Å². The molecule has 0 bridgehead atoms. The van der Waals surface area contributed by atoms with Crippen LogP contribution in [0.5, 0.6) is 0 Å². The Morgan fingerprint density at radius 3 is 2.48 bits per heavy atom. The lowest BCUT2D eigenvalue weighted by Crippen LogP contribution is -2.30. The van der Waals surface area contributed by atoms with Gasteiger partial charge in [-0.3, -0.25) is 0 Å². The largest absolute Gasteiger partial charge is 0.389 e. The number of hydrogen-bond acceptors (Lipinski definition) is 3. The normalized spacial score (nSPS) is 29.6. The predicted octanol–water partition coefficient (Wildman–Crippen LogP) is 2.64. The first-order valence-corrected chi connectivity index (χ1v) is 10.1. The van der Waals surface area contributed by atoms with Crippen molar-refractivity contribution in [3.8, 4) is 0 Å². The average molecular weight is 376 g/mol. The molecule has 1 aromatic carbocycles. The van der Waals surface area contributed by atoms with E-state index in [0.717, 1.165) is 18.7 Å². The molecular weight excluding hydrogens is 353 g/mol. The van der Waals surface area contributed by atoms with Crippen LogP contribution in [0.4, 0.5) is 13.2 Å². The molecule has 1 saturated carbocycles. The zero-order valence-corrected chi connectivity index (χ0v) is 14.9. The molecular formula is C17H23F3N2O2S. The van der Waals surface area contributed by atoms with Gasteiger partial charge in [0, 0.05) is 24.9 Å². The van der Waals surface area contributed by atoms with E-state index in [-0.39, 0.29) is 17.6 Å². The number of rotatable bonds is 6. The van der Waals surface area contributed by atoms with Crippen molar-refractivity contribution in [2.24, 2.45) is 17.0 Å². The van der Waals surface area contributed by atoms with Crippen LogP contribution in [0.15, 0.2) is 24.3 Å². The SMILES string of the molecule is CC1(c2cccc(CS(N)(=O)=O)c2)C2CN(CCCC(F)(F)F)CC21. The molecule has 2 aliphatic rings.